The van der Waals surface area contributed by atoms with Crippen LogP contribution in [0, 0.1) is 0 Å². The molecule has 0 radical (unpaired) electrons. The Balaban J connectivity index is 1.68. The minimum absolute atomic E-state index is 0.287. The van der Waals surface area contributed by atoms with Crippen LogP contribution < -0.4 is 10.4 Å². The minimum Gasteiger partial charge on any atom is -0.345 e. The molecule has 3 rings (SSSR count). The van der Waals surface area contributed by atoms with E-state index in [1.165, 1.54) is 10.5 Å². The van der Waals surface area contributed by atoms with Gasteiger partial charge in [0.2, 0.25) is 10.0 Å². The van der Waals surface area contributed by atoms with Gasteiger partial charge in [-0.2, -0.15) is 4.31 Å². The molecule has 2 heterocycles. The maximum Gasteiger partial charge on any atom is 0.286 e. The summed E-state index contributed by atoms with van der Waals surface area (Å²) >= 11 is 1.15. The zero-order chi connectivity index (χ0) is 17.2. The number of aromatic nitrogens is 1. The van der Waals surface area contributed by atoms with E-state index in [1.807, 2.05) is 4.90 Å². The van der Waals surface area contributed by atoms with Gasteiger partial charge in [0, 0.05) is 26.2 Å². The molecule has 128 valence electrons. The fourth-order valence-electron chi connectivity index (χ4n) is 2.43. The fraction of sp³-hybridized carbons (Fsp3) is 0.286. The van der Waals surface area contributed by atoms with E-state index in [-0.39, 0.29) is 4.90 Å². The number of carbonyl (C=O) groups excluding carboxylic acids is 1. The van der Waals surface area contributed by atoms with Gasteiger partial charge in [0.1, 0.15) is 4.88 Å². The van der Waals surface area contributed by atoms with Crippen molar-refractivity contribution in [3.05, 3.63) is 41.4 Å². The standard InChI is InChI=1S/C14H16N4O4S2/c19-13(16-20)12-10-15-14(23-12)17-6-8-18(9-7-17)24(21,22)11-4-2-1-3-5-11/h1-5,10,20H,6-9H2,(H,16,19). The molecule has 0 bridgehead atoms. The van der Waals surface area contributed by atoms with E-state index in [1.54, 1.807) is 35.8 Å². The summed E-state index contributed by atoms with van der Waals surface area (Å²) in [6, 6.07) is 8.35. The summed E-state index contributed by atoms with van der Waals surface area (Å²) in [7, 11) is -3.49. The summed E-state index contributed by atoms with van der Waals surface area (Å²) in [5.74, 6) is -0.607. The highest BCUT2D eigenvalue weighted by Crippen LogP contribution is 2.25. The van der Waals surface area contributed by atoms with Crippen LogP contribution in [0.25, 0.3) is 0 Å². The highest BCUT2D eigenvalue weighted by molar-refractivity contribution is 7.89. The summed E-state index contributed by atoms with van der Waals surface area (Å²) < 4.78 is 26.6. The number of hydroxylamine groups is 1. The van der Waals surface area contributed by atoms with Crippen molar-refractivity contribution in [2.75, 3.05) is 31.1 Å². The van der Waals surface area contributed by atoms with Gasteiger partial charge in [0.15, 0.2) is 5.13 Å². The molecule has 0 aliphatic carbocycles. The number of nitrogens with zero attached hydrogens (tertiary/aromatic N) is 3. The number of rotatable bonds is 4. The summed E-state index contributed by atoms with van der Waals surface area (Å²) in [6.45, 7) is 1.66. The maximum atomic E-state index is 12.6. The Hall–Kier alpha value is -2.01. The highest BCUT2D eigenvalue weighted by Gasteiger charge is 2.29. The second-order valence-corrected chi connectivity index (χ2v) is 8.10. The lowest BCUT2D eigenvalue weighted by molar-refractivity contribution is 0.0710. The number of sulfonamides is 1. The van der Waals surface area contributed by atoms with Gasteiger partial charge in [-0.15, -0.1) is 0 Å². The van der Waals surface area contributed by atoms with Crippen molar-refractivity contribution in [3.63, 3.8) is 0 Å². The molecule has 24 heavy (non-hydrogen) atoms. The Kier molecular flexibility index (Phi) is 4.81. The van der Waals surface area contributed by atoms with E-state index in [4.69, 9.17) is 5.21 Å². The van der Waals surface area contributed by atoms with E-state index >= 15 is 0 Å². The molecule has 1 amide bonds. The van der Waals surface area contributed by atoms with Crippen molar-refractivity contribution >= 4 is 32.4 Å². The molecule has 2 aromatic rings. The third-order valence-corrected chi connectivity index (χ3v) is 6.68. The Morgan fingerprint density at radius 1 is 1.17 bits per heavy atom. The minimum atomic E-state index is -3.49. The second kappa shape index (κ2) is 6.85. The van der Waals surface area contributed by atoms with Gasteiger partial charge in [-0.1, -0.05) is 29.5 Å². The summed E-state index contributed by atoms with van der Waals surface area (Å²) in [5.41, 5.74) is 1.57. The molecule has 1 aromatic heterocycles. The van der Waals surface area contributed by atoms with Crippen molar-refractivity contribution in [2.45, 2.75) is 4.90 Å². The lowest BCUT2D eigenvalue weighted by atomic mass is 10.4. The number of thiazole rings is 1. The maximum absolute atomic E-state index is 12.6. The van der Waals surface area contributed by atoms with Crippen LogP contribution in [0.5, 0.6) is 0 Å². The number of amides is 1. The van der Waals surface area contributed by atoms with Crippen molar-refractivity contribution in [1.82, 2.24) is 14.8 Å². The Bertz CT molecular complexity index is 814. The molecule has 1 saturated heterocycles. The summed E-state index contributed by atoms with van der Waals surface area (Å²) in [6.07, 6.45) is 1.39. The zero-order valence-electron chi connectivity index (χ0n) is 12.6. The van der Waals surface area contributed by atoms with Crippen LogP contribution in [0.1, 0.15) is 9.67 Å². The summed E-state index contributed by atoms with van der Waals surface area (Å²) in [5, 5.41) is 9.26. The van der Waals surface area contributed by atoms with Crippen LogP contribution >= 0.6 is 11.3 Å². The average molecular weight is 368 g/mol. The van der Waals surface area contributed by atoms with Crippen molar-refractivity contribution in [3.8, 4) is 0 Å². The lowest BCUT2D eigenvalue weighted by Gasteiger charge is -2.33. The molecule has 1 aliphatic rings. The second-order valence-electron chi connectivity index (χ2n) is 5.15. The molecule has 0 atom stereocenters. The molecule has 10 heteroatoms. The Morgan fingerprint density at radius 3 is 2.46 bits per heavy atom. The van der Waals surface area contributed by atoms with Gasteiger partial charge in [-0.25, -0.2) is 18.9 Å². The highest BCUT2D eigenvalue weighted by atomic mass is 32.2. The molecular weight excluding hydrogens is 352 g/mol. The van der Waals surface area contributed by atoms with Gasteiger partial charge < -0.3 is 4.90 Å². The molecule has 0 spiro atoms. The first-order valence-corrected chi connectivity index (χ1v) is 9.48. The molecular formula is C14H16N4O4S2. The Labute approximate surface area is 143 Å². The molecule has 1 aliphatic heterocycles. The number of hydrogen-bond acceptors (Lipinski definition) is 7. The molecule has 0 saturated carbocycles. The van der Waals surface area contributed by atoms with Crippen LogP contribution in [0.15, 0.2) is 41.4 Å². The molecule has 0 unspecified atom stereocenters. The van der Waals surface area contributed by atoms with Crippen LogP contribution in [-0.2, 0) is 10.0 Å². The number of piperazine rings is 1. The number of carbonyl (C=O) groups is 1. The summed E-state index contributed by atoms with van der Waals surface area (Å²) in [4.78, 5) is 18.0. The predicted octanol–water partition coefficient (Wildman–Crippen LogP) is 0.773. The molecule has 1 aromatic carbocycles. The predicted molar refractivity (Wildman–Crippen MR) is 88.8 cm³/mol. The number of benzene rings is 1. The van der Waals surface area contributed by atoms with E-state index in [0.29, 0.717) is 36.2 Å². The Morgan fingerprint density at radius 2 is 1.83 bits per heavy atom. The topological polar surface area (TPSA) is 103 Å². The van der Waals surface area contributed by atoms with Crippen LogP contribution in [0.4, 0.5) is 5.13 Å². The average Bonchev–Trinajstić information content (AvgIpc) is 3.12. The van der Waals surface area contributed by atoms with E-state index in [2.05, 4.69) is 4.98 Å². The monoisotopic (exact) mass is 368 g/mol. The zero-order valence-corrected chi connectivity index (χ0v) is 14.3. The normalized spacial score (nSPS) is 16.1. The first-order valence-electron chi connectivity index (χ1n) is 7.23. The van der Waals surface area contributed by atoms with Crippen molar-refractivity contribution in [1.29, 1.82) is 0 Å². The van der Waals surface area contributed by atoms with Crippen LogP contribution in [0.2, 0.25) is 0 Å². The van der Waals surface area contributed by atoms with Crippen molar-refractivity contribution < 1.29 is 18.4 Å². The number of nitrogens with one attached hydrogen (secondary N) is 1. The van der Waals surface area contributed by atoms with Gasteiger partial charge in [-0.05, 0) is 12.1 Å². The van der Waals surface area contributed by atoms with Gasteiger partial charge in [0.25, 0.3) is 5.91 Å². The quantitative estimate of drug-likeness (QED) is 0.610. The third kappa shape index (κ3) is 3.26. The van der Waals surface area contributed by atoms with E-state index < -0.39 is 15.9 Å². The van der Waals surface area contributed by atoms with Crippen molar-refractivity contribution in [2.24, 2.45) is 0 Å². The van der Waals surface area contributed by atoms with Gasteiger partial charge >= 0.3 is 0 Å². The molecule has 2 N–H and O–H groups in total. The molecule has 1 fully saturated rings. The van der Waals surface area contributed by atoms with Crippen LogP contribution in [0.3, 0.4) is 0 Å². The lowest BCUT2D eigenvalue weighted by Crippen LogP contribution is -2.48. The van der Waals surface area contributed by atoms with Crippen LogP contribution in [-0.4, -0.2) is 55.0 Å². The van der Waals surface area contributed by atoms with E-state index in [0.717, 1.165) is 11.3 Å². The number of hydrogen-bond donors (Lipinski definition) is 2. The third-order valence-electron chi connectivity index (χ3n) is 3.71. The first-order chi connectivity index (χ1) is 11.5. The fourth-order valence-corrected chi connectivity index (χ4v) is 4.73. The SMILES string of the molecule is O=C(NO)c1cnc(N2CCN(S(=O)(=O)c3ccccc3)CC2)s1. The first kappa shape index (κ1) is 16.8. The smallest absolute Gasteiger partial charge is 0.286 e. The van der Waals surface area contributed by atoms with E-state index in [9.17, 15) is 13.2 Å². The molecule has 8 nitrogen and oxygen atoms in total. The number of anilines is 1. The van der Waals surface area contributed by atoms with Gasteiger partial charge in [0.05, 0.1) is 11.1 Å². The van der Waals surface area contributed by atoms with Gasteiger partial charge in [-0.3, -0.25) is 10.0 Å². The largest absolute Gasteiger partial charge is 0.345 e.